The molecule has 0 amide bonds. The van der Waals surface area contributed by atoms with Crippen LogP contribution in [0.1, 0.15) is 134 Å². The van der Waals surface area contributed by atoms with Crippen LogP contribution < -0.4 is 0 Å². The molecule has 0 spiro atoms. The first kappa shape index (κ1) is 51.0. The van der Waals surface area contributed by atoms with Crippen LogP contribution in [0.2, 0.25) is 54.4 Å². The number of hydrogen-bond acceptors (Lipinski definition) is 5. The highest BCUT2D eigenvalue weighted by molar-refractivity contribution is 6.74. The summed E-state index contributed by atoms with van der Waals surface area (Å²) in [5, 5.41) is 0.207. The number of carbonyl (C=O) groups excluding carboxylic acids is 1. The molecule has 1 aromatic rings. The van der Waals surface area contributed by atoms with Crippen molar-refractivity contribution in [2.45, 2.75) is 202 Å². The fraction of sp³-hybridized carbons (Fsp3) is 0.804. The molecule has 0 bridgehead atoms. The Balaban J connectivity index is 2.98. The first-order valence-electron chi connectivity index (χ1n) is 22.0. The summed E-state index contributed by atoms with van der Waals surface area (Å²) in [6.45, 7) is 36.7. The van der Waals surface area contributed by atoms with Crippen molar-refractivity contribution in [1.82, 2.24) is 0 Å². The summed E-state index contributed by atoms with van der Waals surface area (Å²) >= 11 is 0. The summed E-state index contributed by atoms with van der Waals surface area (Å²) in [5.41, 5.74) is 1.21. The summed E-state index contributed by atoms with van der Waals surface area (Å²) < 4.78 is 26.9. The number of hydrogen-bond donors (Lipinski definition) is 0. The highest BCUT2D eigenvalue weighted by atomic mass is 28.4. The van der Waals surface area contributed by atoms with Gasteiger partial charge in [-0.25, -0.2) is 0 Å². The molecule has 1 aromatic carbocycles. The van der Waals surface area contributed by atoms with E-state index < -0.39 is 25.0 Å². The predicted molar refractivity (Wildman–Crippen MR) is 241 cm³/mol. The van der Waals surface area contributed by atoms with Crippen molar-refractivity contribution < 1.29 is 22.8 Å². The topological polar surface area (TPSA) is 54.0 Å². The maximum Gasteiger partial charge on any atom is 0.205 e. The Morgan fingerprint density at radius 2 is 1.28 bits per heavy atom. The average Bonchev–Trinajstić information content (AvgIpc) is 3.16. The van der Waals surface area contributed by atoms with Gasteiger partial charge in [0.05, 0.1) is 18.8 Å². The molecule has 312 valence electrons. The fourth-order valence-corrected chi connectivity index (χ4v) is 14.4. The highest BCUT2D eigenvalue weighted by Crippen LogP contribution is 2.37. The van der Waals surface area contributed by atoms with Gasteiger partial charge in [-0.05, 0) is 123 Å². The third kappa shape index (κ3) is 17.6. The van der Waals surface area contributed by atoms with Crippen LogP contribution in [0.5, 0.6) is 0 Å². The molecule has 0 saturated heterocycles. The Labute approximate surface area is 338 Å². The molecule has 0 aliphatic carbocycles. The van der Waals surface area contributed by atoms with E-state index in [1.807, 2.05) is 6.07 Å². The average molecular weight is 803 g/mol. The number of ketones is 1. The molecule has 54 heavy (non-hydrogen) atoms. The smallest absolute Gasteiger partial charge is 0.205 e. The summed E-state index contributed by atoms with van der Waals surface area (Å²) in [4.78, 5) is 13.4. The van der Waals surface area contributed by atoms with Gasteiger partial charge in [0.2, 0.25) is 5.78 Å². The van der Waals surface area contributed by atoms with Gasteiger partial charge in [0.15, 0.2) is 25.0 Å². The minimum atomic E-state index is -1.85. The second-order valence-electron chi connectivity index (χ2n) is 18.1. The van der Waals surface area contributed by atoms with Gasteiger partial charge in [-0.1, -0.05) is 119 Å². The summed E-state index contributed by atoms with van der Waals surface area (Å²) in [5.74, 6) is 7.67. The van der Waals surface area contributed by atoms with Crippen molar-refractivity contribution >= 4 is 30.7 Å². The number of carbonyl (C=O) groups is 1. The summed E-state index contributed by atoms with van der Waals surface area (Å²) in [6, 6.07) is 17.1. The van der Waals surface area contributed by atoms with E-state index in [1.54, 1.807) is 0 Å². The van der Waals surface area contributed by atoms with E-state index in [1.165, 1.54) is 5.56 Å². The van der Waals surface area contributed by atoms with Crippen LogP contribution in [-0.2, 0) is 29.4 Å². The van der Waals surface area contributed by atoms with Crippen LogP contribution in [-0.4, -0.2) is 56.2 Å². The molecule has 0 aromatic heterocycles. The van der Waals surface area contributed by atoms with Crippen molar-refractivity contribution in [2.75, 3.05) is 13.2 Å². The second-order valence-corrected chi connectivity index (χ2v) is 32.4. The lowest BCUT2D eigenvalue weighted by Crippen LogP contribution is -2.44. The molecule has 0 N–H and O–H groups in total. The summed E-state index contributed by atoms with van der Waals surface area (Å²) in [6.07, 6.45) is 5.49. The molecule has 0 aliphatic rings. The second kappa shape index (κ2) is 25.3. The Bertz CT molecular complexity index is 1200. The van der Waals surface area contributed by atoms with E-state index in [9.17, 15) is 4.79 Å². The van der Waals surface area contributed by atoms with Gasteiger partial charge >= 0.3 is 0 Å². The molecule has 0 saturated carbocycles. The van der Waals surface area contributed by atoms with Gasteiger partial charge in [0.25, 0.3) is 0 Å². The van der Waals surface area contributed by atoms with Crippen molar-refractivity contribution in [3.8, 4) is 11.8 Å². The zero-order valence-corrected chi connectivity index (χ0v) is 41.0. The van der Waals surface area contributed by atoms with Crippen LogP contribution in [0.25, 0.3) is 0 Å². The van der Waals surface area contributed by atoms with Crippen molar-refractivity contribution in [3.05, 3.63) is 35.9 Å². The highest BCUT2D eigenvalue weighted by Gasteiger charge is 2.38. The Hall–Kier alpha value is -1.06. The van der Waals surface area contributed by atoms with E-state index in [-0.39, 0.29) is 34.9 Å². The maximum absolute atomic E-state index is 13.4. The fourth-order valence-electron chi connectivity index (χ4n) is 7.22. The number of Topliss-reactive ketones (excluding diaryl/α,β-unsaturated/α-hetero) is 1. The maximum atomic E-state index is 13.4. The monoisotopic (exact) mass is 803 g/mol. The molecule has 0 heterocycles. The van der Waals surface area contributed by atoms with Gasteiger partial charge in [-0.15, -0.1) is 0 Å². The van der Waals surface area contributed by atoms with Gasteiger partial charge < -0.3 is 18.0 Å². The van der Waals surface area contributed by atoms with Gasteiger partial charge in [0, 0.05) is 25.6 Å². The molecular formula is C46H86O5Si3. The van der Waals surface area contributed by atoms with E-state index >= 15 is 0 Å². The molecule has 0 aliphatic heterocycles. The lowest BCUT2D eigenvalue weighted by molar-refractivity contribution is -0.114. The third-order valence-electron chi connectivity index (χ3n) is 13.1. The van der Waals surface area contributed by atoms with Gasteiger partial charge in [-0.2, -0.15) is 0 Å². The predicted octanol–water partition coefficient (Wildman–Crippen LogP) is 13.5. The molecule has 5 nitrogen and oxygen atoms in total. The minimum Gasteiger partial charge on any atom is -0.417 e. The molecule has 6 atom stereocenters. The van der Waals surface area contributed by atoms with Crippen LogP contribution in [0.15, 0.2) is 30.3 Å². The first-order chi connectivity index (χ1) is 25.4. The number of benzene rings is 1. The normalized spacial score (nSPS) is 16.2. The minimum absolute atomic E-state index is 0.00176. The van der Waals surface area contributed by atoms with E-state index in [0.29, 0.717) is 24.9 Å². The van der Waals surface area contributed by atoms with E-state index in [4.69, 9.17) is 18.0 Å². The van der Waals surface area contributed by atoms with E-state index in [0.717, 1.165) is 81.6 Å². The lowest BCUT2D eigenvalue weighted by atomic mass is 9.87. The molecule has 8 heteroatoms. The molecule has 0 unspecified atom stereocenters. The zero-order chi connectivity index (χ0) is 41.0. The molecule has 0 radical (unpaired) electrons. The van der Waals surface area contributed by atoms with Crippen LogP contribution in [0.3, 0.4) is 0 Å². The Morgan fingerprint density at radius 1 is 0.741 bits per heavy atom. The Kier molecular flexibility index (Phi) is 23.9. The van der Waals surface area contributed by atoms with Crippen LogP contribution in [0.4, 0.5) is 0 Å². The quantitative estimate of drug-likeness (QED) is 0.0366. The molecule has 0 fully saturated rings. The zero-order valence-electron chi connectivity index (χ0n) is 38.0. The molecular weight excluding hydrogens is 717 g/mol. The van der Waals surface area contributed by atoms with Crippen LogP contribution in [0, 0.1) is 35.5 Å². The van der Waals surface area contributed by atoms with Crippen molar-refractivity contribution in [2.24, 2.45) is 23.7 Å². The first-order valence-corrected chi connectivity index (χ1v) is 30.0. The largest absolute Gasteiger partial charge is 0.417 e. The SMILES string of the molecule is CC[Si](CC)(CC)O[C@@H]([C@H](C)CCCOCc1ccccc1)[C@@H](C)CCC(=O)C#C[C@@H](C)[C@H](CC[C@H](C)CO[Si](C)(C)C(C)(C)C)O[Si](CC)(CC)CC. The van der Waals surface area contributed by atoms with Crippen LogP contribution >= 0.6 is 0 Å². The number of rotatable bonds is 28. The third-order valence-corrected chi connectivity index (χ3v) is 26.9. The molecule has 1 rings (SSSR count). The standard InChI is InChI=1S/C46H86O5Si3/c1-16-53(17-2,18-3)50-44(34-29-38(7)36-49-52(14,15)46(11,12)13)39(8)30-32-43(47)33-31-41(10)45(51-54(19-4,20-5)21-6)40(9)26-25-35-48-37-42-27-23-22-24-28-42/h22-24,27-28,38-41,44-45H,16-21,25-26,29,31,33-37H2,1-15H3/t38-,39+,40+,41-,44-,45-/m0/s1. The lowest BCUT2D eigenvalue weighted by Gasteiger charge is -2.39. The Morgan fingerprint density at radius 3 is 1.81 bits per heavy atom. The van der Waals surface area contributed by atoms with E-state index in [2.05, 4.69) is 139 Å². The van der Waals surface area contributed by atoms with Crippen molar-refractivity contribution in [3.63, 3.8) is 0 Å². The summed E-state index contributed by atoms with van der Waals surface area (Å²) in [7, 11) is -5.48. The number of ether oxygens (including phenoxy) is 1. The van der Waals surface area contributed by atoms with Crippen molar-refractivity contribution in [1.29, 1.82) is 0 Å². The van der Waals surface area contributed by atoms with Gasteiger partial charge in [0.1, 0.15) is 0 Å². The van der Waals surface area contributed by atoms with Gasteiger partial charge in [-0.3, -0.25) is 4.79 Å².